The predicted molar refractivity (Wildman–Crippen MR) is 128 cm³/mol. The first-order valence-corrected chi connectivity index (χ1v) is 11.0. The van der Waals surface area contributed by atoms with Crippen molar-refractivity contribution in [1.82, 2.24) is 9.88 Å². The number of nitrogens with zero attached hydrogens (tertiary/aromatic N) is 2. The molecule has 0 saturated carbocycles. The van der Waals surface area contributed by atoms with Gasteiger partial charge in [0.25, 0.3) is 0 Å². The van der Waals surface area contributed by atoms with Gasteiger partial charge in [0.15, 0.2) is 0 Å². The van der Waals surface area contributed by atoms with Gasteiger partial charge in [-0.1, -0.05) is 11.6 Å². The molecule has 3 aromatic rings. The number of benzene rings is 2. The van der Waals surface area contributed by atoms with E-state index < -0.39 is 12.1 Å². The Labute approximate surface area is 201 Å². The van der Waals surface area contributed by atoms with E-state index in [1.807, 2.05) is 0 Å². The number of hydrogen-bond acceptors (Lipinski definition) is 5. The maximum Gasteiger partial charge on any atom is 0.407 e. The number of nitrogens with one attached hydrogen (secondary N) is 2. The van der Waals surface area contributed by atoms with Crippen LogP contribution < -0.4 is 20.1 Å². The lowest BCUT2D eigenvalue weighted by atomic mass is 10.1. The number of aromatic nitrogens is 1. The summed E-state index contributed by atoms with van der Waals surface area (Å²) in [6.45, 7) is 0.850. The van der Waals surface area contributed by atoms with Crippen molar-refractivity contribution in [2.24, 2.45) is 0 Å². The number of anilines is 2. The van der Waals surface area contributed by atoms with Crippen molar-refractivity contribution >= 4 is 35.1 Å². The largest absolute Gasteiger partial charge is 0.489 e. The minimum Gasteiger partial charge on any atom is -0.489 e. The molecule has 1 fully saturated rings. The number of urea groups is 1. The Kier molecular flexibility index (Phi) is 7.34. The molecule has 0 bridgehead atoms. The Morgan fingerprint density at radius 2 is 1.56 bits per heavy atom. The molecule has 176 valence electrons. The fourth-order valence-electron chi connectivity index (χ4n) is 3.46. The second-order valence-electron chi connectivity index (χ2n) is 7.62. The molecule has 10 heteroatoms. The van der Waals surface area contributed by atoms with E-state index in [0.29, 0.717) is 59.6 Å². The van der Waals surface area contributed by atoms with Crippen LogP contribution in [-0.2, 0) is 0 Å². The Bertz CT molecular complexity index is 1140. The van der Waals surface area contributed by atoms with Gasteiger partial charge < -0.3 is 30.1 Å². The van der Waals surface area contributed by atoms with Gasteiger partial charge in [-0.2, -0.15) is 0 Å². The van der Waals surface area contributed by atoms with E-state index in [9.17, 15) is 9.59 Å². The van der Waals surface area contributed by atoms with Crippen LogP contribution in [0, 0.1) is 0 Å². The van der Waals surface area contributed by atoms with Crippen LogP contribution >= 0.6 is 11.6 Å². The Morgan fingerprint density at radius 1 is 0.941 bits per heavy atom. The lowest BCUT2D eigenvalue weighted by molar-refractivity contribution is 0.0895. The van der Waals surface area contributed by atoms with Gasteiger partial charge in [-0.3, -0.25) is 4.98 Å². The molecular weight excluding hydrogens is 460 g/mol. The number of likely N-dealkylation sites (tertiary alicyclic amines) is 1. The molecule has 0 radical (unpaired) electrons. The van der Waals surface area contributed by atoms with Crippen LogP contribution in [0.2, 0.25) is 5.02 Å². The van der Waals surface area contributed by atoms with Gasteiger partial charge in [0.2, 0.25) is 0 Å². The van der Waals surface area contributed by atoms with Crippen molar-refractivity contribution < 1.29 is 24.2 Å². The third-order valence-electron chi connectivity index (χ3n) is 5.19. The third kappa shape index (κ3) is 6.29. The summed E-state index contributed by atoms with van der Waals surface area (Å²) < 4.78 is 11.6. The van der Waals surface area contributed by atoms with Gasteiger partial charge in [-0.15, -0.1) is 0 Å². The van der Waals surface area contributed by atoms with Crippen LogP contribution in [-0.4, -0.2) is 46.3 Å². The van der Waals surface area contributed by atoms with Gasteiger partial charge in [0, 0.05) is 49.7 Å². The van der Waals surface area contributed by atoms with E-state index in [4.69, 9.17) is 26.2 Å². The monoisotopic (exact) mass is 482 g/mol. The average Bonchev–Trinajstić information content (AvgIpc) is 2.83. The van der Waals surface area contributed by atoms with Crippen LogP contribution in [0.25, 0.3) is 0 Å². The van der Waals surface area contributed by atoms with Gasteiger partial charge >= 0.3 is 12.1 Å². The highest BCUT2D eigenvalue weighted by atomic mass is 35.5. The van der Waals surface area contributed by atoms with Crippen molar-refractivity contribution in [3.8, 4) is 17.2 Å². The predicted octanol–water partition coefficient (Wildman–Crippen LogP) is 5.69. The highest BCUT2D eigenvalue weighted by Gasteiger charge is 2.24. The Hall–Kier alpha value is -3.98. The number of piperidine rings is 1. The molecule has 3 amide bonds. The standard InChI is InChI=1S/C24H23ClN4O5/c25-21-15-17(3-6-22(21)34-20-9-13-29(14-10-20)24(31)32)28-23(30)27-16-1-4-18(5-2-16)33-19-7-11-26-12-8-19/h1-8,11-12,15,20H,9-10,13-14H2,(H,31,32)(H2,27,28,30). The van der Waals surface area contributed by atoms with E-state index in [-0.39, 0.29) is 6.10 Å². The van der Waals surface area contributed by atoms with E-state index >= 15 is 0 Å². The fraction of sp³-hybridized carbons (Fsp3) is 0.208. The smallest absolute Gasteiger partial charge is 0.407 e. The maximum absolute atomic E-state index is 12.4. The van der Waals surface area contributed by atoms with Gasteiger partial charge in [-0.05, 0) is 54.6 Å². The van der Waals surface area contributed by atoms with Crippen LogP contribution in [0.15, 0.2) is 67.0 Å². The molecule has 2 heterocycles. The number of hydrogen-bond donors (Lipinski definition) is 3. The van der Waals surface area contributed by atoms with Crippen LogP contribution in [0.4, 0.5) is 21.0 Å². The van der Waals surface area contributed by atoms with E-state index in [0.717, 1.165) is 0 Å². The summed E-state index contributed by atoms with van der Waals surface area (Å²) in [5.41, 5.74) is 1.10. The first-order chi connectivity index (χ1) is 16.5. The SMILES string of the molecule is O=C(Nc1ccc(Oc2ccncc2)cc1)Nc1ccc(OC2CCN(C(=O)O)CC2)c(Cl)c1. The molecular formula is C24H23ClN4O5. The number of ether oxygens (including phenoxy) is 2. The number of carbonyl (C=O) groups excluding carboxylic acids is 1. The maximum atomic E-state index is 12.4. The van der Waals surface area contributed by atoms with Crippen molar-refractivity contribution in [2.75, 3.05) is 23.7 Å². The number of rotatable bonds is 6. The average molecular weight is 483 g/mol. The summed E-state index contributed by atoms with van der Waals surface area (Å²) in [5, 5.41) is 14.9. The summed E-state index contributed by atoms with van der Waals surface area (Å²) in [5.74, 6) is 1.79. The molecule has 34 heavy (non-hydrogen) atoms. The third-order valence-corrected chi connectivity index (χ3v) is 5.49. The first-order valence-electron chi connectivity index (χ1n) is 10.7. The lowest BCUT2D eigenvalue weighted by Crippen LogP contribution is -2.41. The molecule has 1 saturated heterocycles. The van der Waals surface area contributed by atoms with Crippen LogP contribution in [0.3, 0.4) is 0 Å². The number of halogens is 1. The molecule has 1 aliphatic rings. The van der Waals surface area contributed by atoms with Gasteiger partial charge in [-0.25, -0.2) is 9.59 Å². The summed E-state index contributed by atoms with van der Waals surface area (Å²) in [6, 6.07) is 15.0. The molecule has 0 spiro atoms. The molecule has 2 aromatic carbocycles. The lowest BCUT2D eigenvalue weighted by Gasteiger charge is -2.30. The fourth-order valence-corrected chi connectivity index (χ4v) is 3.69. The summed E-state index contributed by atoms with van der Waals surface area (Å²) in [4.78, 5) is 28.7. The molecule has 0 unspecified atom stereocenters. The normalized spacial score (nSPS) is 13.7. The molecule has 3 N–H and O–H groups in total. The second-order valence-corrected chi connectivity index (χ2v) is 8.03. The zero-order valence-electron chi connectivity index (χ0n) is 18.1. The van der Waals surface area contributed by atoms with Crippen molar-refractivity contribution in [3.05, 3.63) is 72.0 Å². The topological polar surface area (TPSA) is 113 Å². The number of carboxylic acid groups (broad SMARTS) is 1. The molecule has 9 nitrogen and oxygen atoms in total. The zero-order valence-corrected chi connectivity index (χ0v) is 18.9. The summed E-state index contributed by atoms with van der Waals surface area (Å²) in [6.07, 6.45) is 3.45. The minimum absolute atomic E-state index is 0.110. The summed E-state index contributed by atoms with van der Waals surface area (Å²) in [7, 11) is 0. The van der Waals surface area contributed by atoms with E-state index in [1.54, 1.807) is 67.0 Å². The highest BCUT2D eigenvalue weighted by Crippen LogP contribution is 2.30. The number of carbonyl (C=O) groups is 2. The van der Waals surface area contributed by atoms with E-state index in [1.165, 1.54) is 4.90 Å². The number of amides is 3. The molecule has 0 atom stereocenters. The molecule has 1 aliphatic heterocycles. The highest BCUT2D eigenvalue weighted by molar-refractivity contribution is 6.32. The first kappa shape index (κ1) is 23.2. The summed E-state index contributed by atoms with van der Waals surface area (Å²) >= 11 is 6.34. The van der Waals surface area contributed by atoms with Crippen molar-refractivity contribution in [3.63, 3.8) is 0 Å². The Balaban J connectivity index is 1.28. The minimum atomic E-state index is -0.917. The Morgan fingerprint density at radius 3 is 2.21 bits per heavy atom. The zero-order chi connectivity index (χ0) is 23.9. The van der Waals surface area contributed by atoms with Crippen LogP contribution in [0.5, 0.6) is 17.2 Å². The van der Waals surface area contributed by atoms with Crippen LogP contribution in [0.1, 0.15) is 12.8 Å². The second kappa shape index (κ2) is 10.8. The van der Waals surface area contributed by atoms with Crippen molar-refractivity contribution in [2.45, 2.75) is 18.9 Å². The van der Waals surface area contributed by atoms with Gasteiger partial charge in [0.05, 0.1) is 5.02 Å². The molecule has 1 aromatic heterocycles. The molecule has 4 rings (SSSR count). The van der Waals surface area contributed by atoms with Gasteiger partial charge in [0.1, 0.15) is 23.4 Å². The quantitative estimate of drug-likeness (QED) is 0.416. The number of pyridine rings is 1. The van der Waals surface area contributed by atoms with Crippen molar-refractivity contribution in [1.29, 1.82) is 0 Å². The van der Waals surface area contributed by atoms with E-state index in [2.05, 4.69) is 15.6 Å². The molecule has 0 aliphatic carbocycles.